The Hall–Kier alpha value is -2.08. The largest absolute Gasteiger partial charge is 0.494 e. The molecule has 1 aromatic carbocycles. The average molecular weight is 321 g/mol. The lowest BCUT2D eigenvalue weighted by Crippen LogP contribution is -2.43. The molecule has 1 atom stereocenters. The Morgan fingerprint density at radius 2 is 1.96 bits per heavy atom. The highest BCUT2D eigenvalue weighted by Gasteiger charge is 2.19. The number of aryl methyl sites for hydroxylation is 1. The van der Waals surface area contributed by atoms with Gasteiger partial charge in [-0.15, -0.1) is 0 Å². The Kier molecular flexibility index (Phi) is 7.54. The van der Waals surface area contributed by atoms with Gasteiger partial charge in [-0.1, -0.05) is 17.7 Å². The lowest BCUT2D eigenvalue weighted by Gasteiger charge is -2.18. The number of nitrogens with one attached hydrogen (secondary N) is 2. The zero-order chi connectivity index (χ0) is 17.4. The molecule has 0 spiro atoms. The van der Waals surface area contributed by atoms with Crippen LogP contribution in [0.2, 0.25) is 0 Å². The summed E-state index contributed by atoms with van der Waals surface area (Å²) in [6, 6.07) is 5.48. The molecule has 0 aliphatic rings. The minimum atomic E-state index is -0.639. The van der Waals surface area contributed by atoms with Crippen molar-refractivity contribution in [2.75, 3.05) is 33.8 Å². The smallest absolute Gasteiger partial charge is 0.309 e. The van der Waals surface area contributed by atoms with Crippen LogP contribution in [-0.2, 0) is 9.59 Å². The number of rotatable bonds is 7. The van der Waals surface area contributed by atoms with Gasteiger partial charge in [0.1, 0.15) is 5.75 Å². The van der Waals surface area contributed by atoms with E-state index in [9.17, 15) is 9.59 Å². The molecule has 1 unspecified atom stereocenters. The van der Waals surface area contributed by atoms with Gasteiger partial charge in [-0.05, 0) is 40.9 Å². The molecule has 6 heteroatoms. The van der Waals surface area contributed by atoms with Gasteiger partial charge < -0.3 is 20.3 Å². The van der Waals surface area contributed by atoms with Crippen LogP contribution in [0.3, 0.4) is 0 Å². The summed E-state index contributed by atoms with van der Waals surface area (Å²) in [5, 5.41) is 5.31. The number of carbonyl (C=O) groups excluding carboxylic acids is 2. The zero-order valence-electron chi connectivity index (χ0n) is 14.6. The summed E-state index contributed by atoms with van der Waals surface area (Å²) < 4.78 is 5.59. The van der Waals surface area contributed by atoms with Gasteiger partial charge in [0.2, 0.25) is 0 Å². The molecule has 2 amide bonds. The molecule has 6 nitrogen and oxygen atoms in total. The van der Waals surface area contributed by atoms with E-state index >= 15 is 0 Å². The Labute approximate surface area is 138 Å². The van der Waals surface area contributed by atoms with Crippen LogP contribution in [0.5, 0.6) is 5.75 Å². The minimum absolute atomic E-state index is 0.316. The molecule has 0 radical (unpaired) electrons. The Morgan fingerprint density at radius 3 is 2.57 bits per heavy atom. The van der Waals surface area contributed by atoms with Crippen molar-refractivity contribution in [2.24, 2.45) is 0 Å². The van der Waals surface area contributed by atoms with E-state index < -0.39 is 11.8 Å². The second-order valence-electron chi connectivity index (χ2n) is 5.73. The molecule has 0 bridgehead atoms. The van der Waals surface area contributed by atoms with Gasteiger partial charge in [0.05, 0.1) is 12.6 Å². The van der Waals surface area contributed by atoms with Crippen LogP contribution in [0.4, 0.5) is 0 Å². The molecular weight excluding hydrogens is 294 g/mol. The van der Waals surface area contributed by atoms with Crippen molar-refractivity contribution < 1.29 is 14.3 Å². The predicted octanol–water partition coefficient (Wildman–Crippen LogP) is 1.25. The molecule has 0 aliphatic heterocycles. The van der Waals surface area contributed by atoms with E-state index in [1.165, 1.54) is 0 Å². The maximum atomic E-state index is 12.0. The van der Waals surface area contributed by atoms with Crippen molar-refractivity contribution in [3.63, 3.8) is 0 Å². The summed E-state index contributed by atoms with van der Waals surface area (Å²) in [6.45, 7) is 7.38. The van der Waals surface area contributed by atoms with Gasteiger partial charge in [-0.3, -0.25) is 9.59 Å². The molecule has 0 saturated carbocycles. The van der Waals surface area contributed by atoms with Crippen LogP contribution in [0.25, 0.3) is 0 Å². The summed E-state index contributed by atoms with van der Waals surface area (Å²) in [6.07, 6.45) is 0. The quantitative estimate of drug-likeness (QED) is 0.742. The average Bonchev–Trinajstić information content (AvgIpc) is 2.48. The van der Waals surface area contributed by atoms with E-state index in [0.29, 0.717) is 19.7 Å². The third-order valence-electron chi connectivity index (χ3n) is 3.33. The third kappa shape index (κ3) is 6.28. The summed E-state index contributed by atoms with van der Waals surface area (Å²) in [4.78, 5) is 25.7. The second kappa shape index (κ2) is 9.15. The van der Waals surface area contributed by atoms with Gasteiger partial charge in [0.25, 0.3) is 0 Å². The van der Waals surface area contributed by atoms with Gasteiger partial charge in [-0.25, -0.2) is 0 Å². The minimum Gasteiger partial charge on any atom is -0.494 e. The monoisotopic (exact) mass is 321 g/mol. The van der Waals surface area contributed by atoms with Crippen LogP contribution in [0, 0.1) is 6.92 Å². The summed E-state index contributed by atoms with van der Waals surface area (Å²) in [7, 11) is 3.81. The fourth-order valence-corrected chi connectivity index (χ4v) is 2.11. The lowest BCUT2D eigenvalue weighted by atomic mass is 10.0. The molecule has 0 fully saturated rings. The number of carbonyl (C=O) groups is 2. The summed E-state index contributed by atoms with van der Waals surface area (Å²) in [5.41, 5.74) is 1.93. The maximum absolute atomic E-state index is 12.0. The SMILES string of the molecule is CCOc1ccc(C)cc1C(C)NC(=O)C(=O)NCCN(C)C. The van der Waals surface area contributed by atoms with Crippen LogP contribution < -0.4 is 15.4 Å². The van der Waals surface area contributed by atoms with Crippen molar-refractivity contribution in [3.8, 4) is 5.75 Å². The molecule has 2 N–H and O–H groups in total. The first-order chi connectivity index (χ1) is 10.8. The fourth-order valence-electron chi connectivity index (χ4n) is 2.11. The van der Waals surface area contributed by atoms with Crippen molar-refractivity contribution in [2.45, 2.75) is 26.8 Å². The van der Waals surface area contributed by atoms with Gasteiger partial charge in [-0.2, -0.15) is 0 Å². The highest BCUT2D eigenvalue weighted by Crippen LogP contribution is 2.26. The van der Waals surface area contributed by atoms with E-state index in [1.54, 1.807) is 0 Å². The zero-order valence-corrected chi connectivity index (χ0v) is 14.6. The summed E-state index contributed by atoms with van der Waals surface area (Å²) in [5.74, 6) is -0.538. The first-order valence-corrected chi connectivity index (χ1v) is 7.82. The predicted molar refractivity (Wildman–Crippen MR) is 90.5 cm³/mol. The lowest BCUT2D eigenvalue weighted by molar-refractivity contribution is -0.139. The molecule has 0 saturated heterocycles. The standard InChI is InChI=1S/C17H27N3O3/c1-6-23-15-8-7-12(2)11-14(15)13(3)19-17(22)16(21)18-9-10-20(4)5/h7-8,11,13H,6,9-10H2,1-5H3,(H,18,21)(H,19,22). The topological polar surface area (TPSA) is 70.7 Å². The van der Waals surface area contributed by atoms with Crippen LogP contribution in [0.1, 0.15) is 31.0 Å². The Bertz CT molecular complexity index is 544. The fraction of sp³-hybridized carbons (Fsp3) is 0.529. The van der Waals surface area contributed by atoms with Crippen molar-refractivity contribution >= 4 is 11.8 Å². The van der Waals surface area contributed by atoms with Gasteiger partial charge >= 0.3 is 11.8 Å². The van der Waals surface area contributed by atoms with E-state index in [-0.39, 0.29) is 6.04 Å². The molecule has 1 rings (SSSR count). The number of nitrogens with zero attached hydrogens (tertiary/aromatic N) is 1. The molecule has 23 heavy (non-hydrogen) atoms. The van der Waals surface area contributed by atoms with Crippen LogP contribution >= 0.6 is 0 Å². The number of ether oxygens (including phenoxy) is 1. The molecule has 1 aromatic rings. The number of hydrogen-bond donors (Lipinski definition) is 2. The second-order valence-corrected chi connectivity index (χ2v) is 5.73. The van der Waals surface area contributed by atoms with E-state index in [4.69, 9.17) is 4.74 Å². The first kappa shape index (κ1) is 19.0. The number of benzene rings is 1. The molecule has 0 heterocycles. The van der Waals surface area contributed by atoms with Crippen molar-refractivity contribution in [3.05, 3.63) is 29.3 Å². The third-order valence-corrected chi connectivity index (χ3v) is 3.33. The van der Waals surface area contributed by atoms with E-state index in [0.717, 1.165) is 16.9 Å². The number of likely N-dealkylation sites (N-methyl/N-ethyl adjacent to an activating group) is 1. The van der Waals surface area contributed by atoms with Gasteiger partial charge in [0.15, 0.2) is 0 Å². The van der Waals surface area contributed by atoms with Crippen LogP contribution in [0.15, 0.2) is 18.2 Å². The van der Waals surface area contributed by atoms with E-state index in [2.05, 4.69) is 10.6 Å². The normalized spacial score (nSPS) is 11.9. The molecule has 0 aliphatic carbocycles. The van der Waals surface area contributed by atoms with E-state index in [1.807, 2.05) is 58.0 Å². The Balaban J connectivity index is 2.67. The van der Waals surface area contributed by atoms with Crippen molar-refractivity contribution in [1.82, 2.24) is 15.5 Å². The summed E-state index contributed by atoms with van der Waals surface area (Å²) >= 11 is 0. The first-order valence-electron chi connectivity index (χ1n) is 7.82. The highest BCUT2D eigenvalue weighted by atomic mass is 16.5. The van der Waals surface area contributed by atoms with Crippen molar-refractivity contribution in [1.29, 1.82) is 0 Å². The maximum Gasteiger partial charge on any atom is 0.309 e. The number of amides is 2. The van der Waals surface area contributed by atoms with Crippen LogP contribution in [-0.4, -0.2) is 50.5 Å². The highest BCUT2D eigenvalue weighted by molar-refractivity contribution is 6.35. The number of hydrogen-bond acceptors (Lipinski definition) is 4. The molecule has 128 valence electrons. The molecular formula is C17H27N3O3. The molecule has 0 aromatic heterocycles. The Morgan fingerprint density at radius 1 is 1.26 bits per heavy atom. The van der Waals surface area contributed by atoms with Gasteiger partial charge in [0, 0.05) is 18.7 Å².